The van der Waals surface area contributed by atoms with E-state index in [0.29, 0.717) is 0 Å². The normalized spacial score (nSPS) is 5.36. The molecule has 0 amide bonds. The summed E-state index contributed by atoms with van der Waals surface area (Å²) in [5.74, 6) is 0. The van der Waals surface area contributed by atoms with E-state index >= 15 is 0 Å². The molecule has 0 saturated heterocycles. The monoisotopic (exact) mass is 272 g/mol. The van der Waals surface area contributed by atoms with Crippen molar-refractivity contribution in [3.05, 3.63) is 0 Å². The predicted molar refractivity (Wildman–Crippen MR) is 14.3 cm³/mol. The van der Waals surface area contributed by atoms with Crippen LogP contribution in [0.1, 0.15) is 0 Å². The predicted octanol–water partition coefficient (Wildman–Crippen LogP) is -18.9. The molecule has 0 atom stereocenters. The maximum Gasteiger partial charge on any atom is 1.00 e. The van der Waals surface area contributed by atoms with Gasteiger partial charge in [-0.25, -0.2) is 4.57 Å². The first-order valence-corrected chi connectivity index (χ1v) is 2.35. The van der Waals surface area contributed by atoms with Crippen molar-refractivity contribution >= 4 is 7.82 Å². The summed E-state index contributed by atoms with van der Waals surface area (Å²) in [6.45, 7) is 0. The van der Waals surface area contributed by atoms with Crippen molar-refractivity contribution in [1.82, 2.24) is 0 Å². The van der Waals surface area contributed by atoms with Gasteiger partial charge in [0, 0.05) is 0 Å². The van der Waals surface area contributed by atoms with E-state index in [9.17, 15) is 0 Å². The molecular weight excluding hydrogens is 270 g/mol. The van der Waals surface area contributed by atoms with Crippen LogP contribution in [0, 0.1) is 0 Å². The van der Waals surface area contributed by atoms with Gasteiger partial charge in [0.1, 0.15) is 0 Å². The Kier molecular flexibility index (Phi) is 98.8. The molecule has 0 aliphatic carbocycles. The van der Waals surface area contributed by atoms with E-state index in [1.54, 1.807) is 0 Å². The number of phosphoric acid groups is 1. The van der Waals surface area contributed by atoms with Crippen LogP contribution in [0.2, 0.25) is 0 Å². The second-order valence-corrected chi connectivity index (χ2v) is 1.54. The fraction of sp³-hybridized carbons (Fsp3) is 0. The van der Waals surface area contributed by atoms with Crippen LogP contribution in [0.5, 0.6) is 0 Å². The summed E-state index contributed by atoms with van der Waals surface area (Å²) in [4.78, 5) is 21.6. The fourth-order valence-electron chi connectivity index (χ4n) is 0. The molecule has 0 aliphatic rings. The minimum absolute atomic E-state index is 0. The zero-order valence-corrected chi connectivity index (χ0v) is 15.5. The molecule has 0 radical (unpaired) electrons. The van der Waals surface area contributed by atoms with Gasteiger partial charge in [0.2, 0.25) is 0 Å². The van der Waals surface area contributed by atoms with Crippen LogP contribution in [0.15, 0.2) is 0 Å². The first kappa shape index (κ1) is 46.0. The summed E-state index contributed by atoms with van der Waals surface area (Å²) >= 11 is 0. The van der Waals surface area contributed by atoms with Crippen LogP contribution in [0.3, 0.4) is 0 Å². The molecule has 0 heterocycles. The standard InChI is InChI=1S/3ClH.3Na.H3O4P/c;;;;;;1-5(2,3)4/h3*1H;;;;(H3,1,2,3,4)/q;;;3*+1;/p-3. The van der Waals surface area contributed by atoms with Gasteiger partial charge in [0.25, 0.3) is 0 Å². The molecule has 4 nitrogen and oxygen atoms in total. The molecule has 0 rings (SSSR count). The molecule has 0 spiro atoms. The van der Waals surface area contributed by atoms with Gasteiger partial charge in [0.15, 0.2) is 0 Å². The SMILES string of the molecule is O=P(O)(O)O.[Cl-].[Cl-].[Cl-].[Na+].[Na+].[Na+]. The molecule has 0 aromatic heterocycles. The minimum Gasteiger partial charge on any atom is -1.00 e. The number of hydrogen-bond donors (Lipinski definition) is 3. The average Bonchev–Trinajstić information content (AvgIpc) is 0.722. The van der Waals surface area contributed by atoms with Crippen LogP contribution in [-0.2, 0) is 4.57 Å². The van der Waals surface area contributed by atoms with Crippen LogP contribution >= 0.6 is 7.82 Å². The number of hydrogen-bond acceptors (Lipinski definition) is 1. The Bertz CT molecular complexity index is 66.7. The molecule has 11 heteroatoms. The summed E-state index contributed by atoms with van der Waals surface area (Å²) in [5.41, 5.74) is 0. The zero-order chi connectivity index (χ0) is 4.50. The fourth-order valence-corrected chi connectivity index (χ4v) is 0. The van der Waals surface area contributed by atoms with Crippen LogP contribution in [0.25, 0.3) is 0 Å². The van der Waals surface area contributed by atoms with E-state index in [1.807, 2.05) is 0 Å². The Morgan fingerprint density at radius 2 is 0.727 bits per heavy atom. The summed E-state index contributed by atoms with van der Waals surface area (Å²) < 4.78 is 8.88. The van der Waals surface area contributed by atoms with E-state index in [2.05, 4.69) is 0 Å². The molecule has 0 aromatic carbocycles. The number of halogens is 3. The zero-order valence-electron chi connectivity index (χ0n) is 6.33. The van der Waals surface area contributed by atoms with Crippen molar-refractivity contribution in [1.29, 1.82) is 0 Å². The van der Waals surface area contributed by atoms with E-state index in [0.717, 1.165) is 0 Å². The molecule has 0 bridgehead atoms. The number of rotatable bonds is 0. The third-order valence-electron chi connectivity index (χ3n) is 0. The van der Waals surface area contributed by atoms with Crippen molar-refractivity contribution < 1.29 is 145 Å². The summed E-state index contributed by atoms with van der Waals surface area (Å²) in [7, 11) is -4.64. The molecular formula is H3Cl3Na3O4P. The van der Waals surface area contributed by atoms with Gasteiger partial charge in [-0.3, -0.25) is 0 Å². The van der Waals surface area contributed by atoms with Crippen molar-refractivity contribution in [2.45, 2.75) is 0 Å². The van der Waals surface area contributed by atoms with Gasteiger partial charge in [-0.05, 0) is 0 Å². The molecule has 56 valence electrons. The van der Waals surface area contributed by atoms with Crippen molar-refractivity contribution in [2.24, 2.45) is 0 Å². The second-order valence-electron chi connectivity index (χ2n) is 0.513. The van der Waals surface area contributed by atoms with E-state index < -0.39 is 7.82 Å². The van der Waals surface area contributed by atoms with Gasteiger partial charge in [-0.2, -0.15) is 0 Å². The molecule has 0 aromatic rings. The van der Waals surface area contributed by atoms with Crippen LogP contribution < -0.4 is 126 Å². The molecule has 0 aliphatic heterocycles. The third-order valence-corrected chi connectivity index (χ3v) is 0. The second kappa shape index (κ2) is 23.6. The van der Waals surface area contributed by atoms with E-state index in [1.165, 1.54) is 0 Å². The van der Waals surface area contributed by atoms with Gasteiger partial charge in [0.05, 0.1) is 0 Å². The van der Waals surface area contributed by atoms with Crippen LogP contribution in [0.4, 0.5) is 0 Å². The third kappa shape index (κ3) is 127. The van der Waals surface area contributed by atoms with E-state index in [-0.39, 0.29) is 126 Å². The smallest absolute Gasteiger partial charge is 1.00 e. The molecule has 0 fully saturated rings. The van der Waals surface area contributed by atoms with Crippen LogP contribution in [-0.4, -0.2) is 14.7 Å². The Balaban J connectivity index is -0.00000000533. The Labute approximate surface area is 150 Å². The summed E-state index contributed by atoms with van der Waals surface area (Å²) in [6.07, 6.45) is 0. The maximum atomic E-state index is 8.88. The van der Waals surface area contributed by atoms with Gasteiger partial charge < -0.3 is 51.9 Å². The van der Waals surface area contributed by atoms with Gasteiger partial charge >= 0.3 is 96.5 Å². The Hall–Kier alpha value is 3.98. The largest absolute Gasteiger partial charge is 1.00 e. The summed E-state index contributed by atoms with van der Waals surface area (Å²) in [6, 6.07) is 0. The Morgan fingerprint density at radius 3 is 0.727 bits per heavy atom. The summed E-state index contributed by atoms with van der Waals surface area (Å²) in [5, 5.41) is 0. The average molecular weight is 273 g/mol. The quantitative estimate of drug-likeness (QED) is 0.303. The molecule has 0 unspecified atom stereocenters. The van der Waals surface area contributed by atoms with Crippen molar-refractivity contribution in [2.75, 3.05) is 0 Å². The topological polar surface area (TPSA) is 77.8 Å². The molecule has 3 N–H and O–H groups in total. The van der Waals surface area contributed by atoms with Crippen molar-refractivity contribution in [3.63, 3.8) is 0 Å². The molecule has 11 heavy (non-hydrogen) atoms. The van der Waals surface area contributed by atoms with Crippen molar-refractivity contribution in [3.8, 4) is 0 Å². The first-order valence-electron chi connectivity index (χ1n) is 0.783. The van der Waals surface area contributed by atoms with Gasteiger partial charge in [-0.15, -0.1) is 0 Å². The Morgan fingerprint density at radius 1 is 0.727 bits per heavy atom. The maximum absolute atomic E-state index is 8.88. The molecule has 0 saturated carbocycles. The van der Waals surface area contributed by atoms with E-state index in [4.69, 9.17) is 19.2 Å². The van der Waals surface area contributed by atoms with Gasteiger partial charge in [-0.1, -0.05) is 0 Å². The minimum atomic E-state index is -4.64. The first-order chi connectivity index (χ1) is 2.00.